The smallest absolute Gasteiger partial charge is 0.0509 e. The number of ether oxygens (including phenoxy) is 1. The van der Waals surface area contributed by atoms with Crippen LogP contribution in [0.1, 0.15) is 18.4 Å². The average Bonchev–Trinajstić information content (AvgIpc) is 2.41. The quantitative estimate of drug-likeness (QED) is 0.662. The summed E-state index contributed by atoms with van der Waals surface area (Å²) in [5, 5.41) is 1.43. The molecule has 5 heteroatoms. The molecule has 1 fully saturated rings. The van der Waals surface area contributed by atoms with Crippen LogP contribution in [0.25, 0.3) is 0 Å². The van der Waals surface area contributed by atoms with Crippen LogP contribution in [0.5, 0.6) is 0 Å². The Hall–Kier alpha value is -0.320. The van der Waals surface area contributed by atoms with Crippen LogP contribution >= 0.6 is 23.2 Å². The summed E-state index contributed by atoms with van der Waals surface area (Å²) in [5.41, 5.74) is 3.91. The van der Waals surface area contributed by atoms with Gasteiger partial charge in [0.05, 0.1) is 6.61 Å². The zero-order valence-corrected chi connectivity index (χ0v) is 11.7. The van der Waals surface area contributed by atoms with E-state index in [1.165, 1.54) is 0 Å². The van der Waals surface area contributed by atoms with Crippen molar-refractivity contribution >= 4 is 23.2 Å². The molecule has 1 heterocycles. The Morgan fingerprint density at radius 2 is 2.28 bits per heavy atom. The lowest BCUT2D eigenvalue weighted by Gasteiger charge is -2.30. The van der Waals surface area contributed by atoms with E-state index in [1.807, 2.05) is 12.1 Å². The van der Waals surface area contributed by atoms with Crippen molar-refractivity contribution < 1.29 is 4.74 Å². The monoisotopic (exact) mass is 288 g/mol. The fourth-order valence-corrected chi connectivity index (χ4v) is 2.77. The molecule has 1 aromatic rings. The van der Waals surface area contributed by atoms with Crippen molar-refractivity contribution in [2.75, 3.05) is 13.2 Å². The van der Waals surface area contributed by atoms with Crippen LogP contribution in [-0.4, -0.2) is 19.3 Å². The van der Waals surface area contributed by atoms with E-state index in [4.69, 9.17) is 33.8 Å². The summed E-state index contributed by atoms with van der Waals surface area (Å²) in [6.45, 7) is 1.61. The number of benzene rings is 1. The van der Waals surface area contributed by atoms with E-state index in [0.717, 1.165) is 43.1 Å². The lowest BCUT2D eigenvalue weighted by Crippen LogP contribution is -2.45. The molecule has 2 atom stereocenters. The third-order valence-electron chi connectivity index (χ3n) is 3.43. The van der Waals surface area contributed by atoms with Crippen LogP contribution in [-0.2, 0) is 11.2 Å². The molecule has 0 aromatic heterocycles. The molecule has 0 radical (unpaired) electrons. The van der Waals surface area contributed by atoms with Crippen molar-refractivity contribution in [2.45, 2.75) is 25.3 Å². The number of hydrogen-bond donors (Lipinski definition) is 2. The van der Waals surface area contributed by atoms with E-state index in [-0.39, 0.29) is 6.04 Å². The van der Waals surface area contributed by atoms with E-state index in [0.29, 0.717) is 10.9 Å². The fourth-order valence-electron chi connectivity index (χ4n) is 2.38. The molecule has 2 unspecified atom stereocenters. The standard InChI is InChI=1S/C13H18Cl2N2O/c14-11-3-4-12(15)10(6-11)7-13(17-16)9-2-1-5-18-8-9/h3-4,6,9,13,17H,1-2,5,7-8,16H2. The Morgan fingerprint density at radius 3 is 2.94 bits per heavy atom. The predicted octanol–water partition coefficient (Wildman–Crippen LogP) is 2.79. The molecule has 0 saturated carbocycles. The van der Waals surface area contributed by atoms with Crippen molar-refractivity contribution in [3.63, 3.8) is 0 Å². The number of hydrazine groups is 1. The van der Waals surface area contributed by atoms with E-state index in [9.17, 15) is 0 Å². The van der Waals surface area contributed by atoms with Gasteiger partial charge in [-0.15, -0.1) is 0 Å². The molecule has 1 aromatic carbocycles. The molecule has 0 aliphatic carbocycles. The Morgan fingerprint density at radius 1 is 1.44 bits per heavy atom. The predicted molar refractivity (Wildman–Crippen MR) is 74.8 cm³/mol. The summed E-state index contributed by atoms with van der Waals surface area (Å²) in [6.07, 6.45) is 2.99. The third-order valence-corrected chi connectivity index (χ3v) is 4.03. The van der Waals surface area contributed by atoms with Gasteiger partial charge < -0.3 is 4.74 Å². The Bertz CT molecular complexity index is 395. The third kappa shape index (κ3) is 3.59. The highest BCUT2D eigenvalue weighted by atomic mass is 35.5. The van der Waals surface area contributed by atoms with Gasteiger partial charge >= 0.3 is 0 Å². The molecule has 0 spiro atoms. The van der Waals surface area contributed by atoms with E-state index >= 15 is 0 Å². The molecule has 3 nitrogen and oxygen atoms in total. The maximum Gasteiger partial charge on any atom is 0.0509 e. The molecule has 3 N–H and O–H groups in total. The number of rotatable bonds is 4. The second-order valence-corrected chi connectivity index (χ2v) is 5.53. The van der Waals surface area contributed by atoms with E-state index in [1.54, 1.807) is 6.07 Å². The van der Waals surface area contributed by atoms with Gasteiger partial charge in [-0.1, -0.05) is 23.2 Å². The highest BCUT2D eigenvalue weighted by Crippen LogP contribution is 2.25. The van der Waals surface area contributed by atoms with Crippen LogP contribution in [0.15, 0.2) is 18.2 Å². The number of nitrogens with one attached hydrogen (secondary N) is 1. The molecule has 18 heavy (non-hydrogen) atoms. The van der Waals surface area contributed by atoms with Crippen LogP contribution in [0.3, 0.4) is 0 Å². The number of halogens is 2. The van der Waals surface area contributed by atoms with Crippen molar-refractivity contribution in [3.8, 4) is 0 Å². The Balaban J connectivity index is 2.06. The van der Waals surface area contributed by atoms with Crippen molar-refractivity contribution in [1.82, 2.24) is 5.43 Å². The minimum Gasteiger partial charge on any atom is -0.381 e. The molecule has 1 aliphatic rings. The summed E-state index contributed by atoms with van der Waals surface area (Å²) in [7, 11) is 0. The first kappa shape index (κ1) is 14.1. The van der Waals surface area contributed by atoms with E-state index in [2.05, 4.69) is 5.43 Å². The molecule has 2 rings (SSSR count). The first-order valence-electron chi connectivity index (χ1n) is 6.18. The molecule has 0 bridgehead atoms. The van der Waals surface area contributed by atoms with Crippen molar-refractivity contribution in [1.29, 1.82) is 0 Å². The maximum atomic E-state index is 6.18. The molecular formula is C13H18Cl2N2O. The van der Waals surface area contributed by atoms with Crippen molar-refractivity contribution in [2.24, 2.45) is 11.8 Å². The first-order valence-corrected chi connectivity index (χ1v) is 6.94. The fraction of sp³-hybridized carbons (Fsp3) is 0.538. The van der Waals surface area contributed by atoms with Gasteiger partial charge in [0.1, 0.15) is 0 Å². The van der Waals surface area contributed by atoms with Crippen molar-refractivity contribution in [3.05, 3.63) is 33.8 Å². The van der Waals surface area contributed by atoms with Gasteiger partial charge in [0.25, 0.3) is 0 Å². The van der Waals surface area contributed by atoms with Crippen LogP contribution in [0.4, 0.5) is 0 Å². The second kappa shape index (κ2) is 6.73. The SMILES string of the molecule is NNC(Cc1cc(Cl)ccc1Cl)C1CCCOC1. The van der Waals surface area contributed by atoms with Gasteiger partial charge in [-0.25, -0.2) is 0 Å². The Kier molecular flexibility index (Phi) is 5.27. The molecule has 100 valence electrons. The summed E-state index contributed by atoms with van der Waals surface area (Å²) in [6, 6.07) is 5.69. The summed E-state index contributed by atoms with van der Waals surface area (Å²) >= 11 is 12.2. The second-order valence-electron chi connectivity index (χ2n) is 4.69. The highest BCUT2D eigenvalue weighted by Gasteiger charge is 2.24. The normalized spacial score (nSPS) is 21.8. The van der Waals surface area contributed by atoms with Gasteiger partial charge in [0.15, 0.2) is 0 Å². The van der Waals surface area contributed by atoms with E-state index < -0.39 is 0 Å². The van der Waals surface area contributed by atoms with Crippen LogP contribution in [0.2, 0.25) is 10.0 Å². The van der Waals surface area contributed by atoms with Gasteiger partial charge in [-0.05, 0) is 48.9 Å². The number of nitrogens with two attached hydrogens (primary N) is 1. The summed E-state index contributed by atoms with van der Waals surface area (Å²) < 4.78 is 5.50. The lowest BCUT2D eigenvalue weighted by molar-refractivity contribution is 0.0393. The lowest BCUT2D eigenvalue weighted by atomic mass is 9.90. The maximum absolute atomic E-state index is 6.18. The highest BCUT2D eigenvalue weighted by molar-refractivity contribution is 6.33. The average molecular weight is 289 g/mol. The molecular weight excluding hydrogens is 271 g/mol. The van der Waals surface area contributed by atoms with Crippen LogP contribution < -0.4 is 11.3 Å². The van der Waals surface area contributed by atoms with Gasteiger partial charge in [0.2, 0.25) is 0 Å². The zero-order valence-electron chi connectivity index (χ0n) is 10.2. The molecule has 1 saturated heterocycles. The number of hydrogen-bond acceptors (Lipinski definition) is 3. The van der Waals surface area contributed by atoms with Gasteiger partial charge in [0, 0.05) is 22.7 Å². The topological polar surface area (TPSA) is 47.3 Å². The minimum atomic E-state index is 0.168. The van der Waals surface area contributed by atoms with Gasteiger partial charge in [-0.3, -0.25) is 11.3 Å². The first-order chi connectivity index (χ1) is 8.70. The summed E-state index contributed by atoms with van der Waals surface area (Å²) in [5.74, 6) is 6.09. The Labute approximate surface area is 118 Å². The zero-order chi connectivity index (χ0) is 13.0. The summed E-state index contributed by atoms with van der Waals surface area (Å²) in [4.78, 5) is 0. The largest absolute Gasteiger partial charge is 0.381 e. The van der Waals surface area contributed by atoms with Gasteiger partial charge in [-0.2, -0.15) is 0 Å². The minimum absolute atomic E-state index is 0.168. The van der Waals surface area contributed by atoms with Crippen LogP contribution in [0, 0.1) is 5.92 Å². The molecule has 0 amide bonds. The molecule has 1 aliphatic heterocycles.